The Kier molecular flexibility index (Phi) is 8.48. The van der Waals surface area contributed by atoms with E-state index in [1.807, 2.05) is 25.1 Å². The van der Waals surface area contributed by atoms with Crippen LogP contribution < -0.4 is 10.7 Å². The van der Waals surface area contributed by atoms with Crippen LogP contribution in [0.4, 0.5) is 10.5 Å². The van der Waals surface area contributed by atoms with Gasteiger partial charge in [0.2, 0.25) is 0 Å². The summed E-state index contributed by atoms with van der Waals surface area (Å²) in [7, 11) is 0. The number of ether oxygens (including phenoxy) is 2. The van der Waals surface area contributed by atoms with E-state index < -0.39 is 11.8 Å². The number of piperazine rings is 1. The lowest BCUT2D eigenvalue weighted by atomic mass is 10.0. The number of morpholine rings is 1. The van der Waals surface area contributed by atoms with Crippen LogP contribution >= 0.6 is 0 Å². The first kappa shape index (κ1) is 26.8. The highest BCUT2D eigenvalue weighted by Gasteiger charge is 2.23. The van der Waals surface area contributed by atoms with Crippen molar-refractivity contribution in [2.45, 2.75) is 27.1 Å². The van der Waals surface area contributed by atoms with Gasteiger partial charge in [-0.15, -0.1) is 0 Å². The van der Waals surface area contributed by atoms with Gasteiger partial charge in [0.05, 0.1) is 24.4 Å². The van der Waals surface area contributed by atoms with E-state index in [2.05, 4.69) is 59.2 Å². The Hall–Kier alpha value is -3.82. The van der Waals surface area contributed by atoms with Crippen LogP contribution in [0.15, 0.2) is 69.9 Å². The van der Waals surface area contributed by atoms with Gasteiger partial charge in [-0.05, 0) is 48.7 Å². The van der Waals surface area contributed by atoms with Gasteiger partial charge in [-0.1, -0.05) is 42.5 Å². The first-order chi connectivity index (χ1) is 19.1. The minimum absolute atomic E-state index is 0.193. The molecule has 0 atom stereocenters. The van der Waals surface area contributed by atoms with Crippen molar-refractivity contribution in [3.63, 3.8) is 0 Å². The molecule has 1 aromatic heterocycles. The summed E-state index contributed by atoms with van der Waals surface area (Å²) >= 11 is 0. The van der Waals surface area contributed by atoms with Crippen LogP contribution in [0, 0.1) is 0 Å². The van der Waals surface area contributed by atoms with E-state index in [9.17, 15) is 9.59 Å². The molecule has 2 aliphatic heterocycles. The molecule has 3 aromatic rings. The summed E-state index contributed by atoms with van der Waals surface area (Å²) in [6.45, 7) is 10.2. The third-order valence-electron chi connectivity index (χ3n) is 7.30. The molecule has 5 rings (SSSR count). The summed E-state index contributed by atoms with van der Waals surface area (Å²) in [5, 5.41) is 0. The minimum Gasteiger partial charge on any atom is -0.427 e. The number of aromatic nitrogens is 1. The fourth-order valence-corrected chi connectivity index (χ4v) is 5.19. The van der Waals surface area contributed by atoms with Crippen molar-refractivity contribution in [1.29, 1.82) is 0 Å². The zero-order valence-corrected chi connectivity index (χ0v) is 22.7. The number of carbonyl (C=O) groups excluding carboxylic acids is 1. The minimum atomic E-state index is -0.538. The first-order valence-corrected chi connectivity index (χ1v) is 13.5. The highest BCUT2D eigenvalue weighted by atomic mass is 16.6. The van der Waals surface area contributed by atoms with Crippen molar-refractivity contribution in [2.75, 3.05) is 57.4 Å². The Morgan fingerprint density at radius 3 is 2.51 bits per heavy atom. The third kappa shape index (κ3) is 6.10. The maximum absolute atomic E-state index is 12.7. The molecule has 0 saturated carbocycles. The summed E-state index contributed by atoms with van der Waals surface area (Å²) in [5.41, 5.74) is 5.77. The fraction of sp³-hybridized carbons (Fsp3) is 0.400. The van der Waals surface area contributed by atoms with E-state index in [4.69, 9.17) is 13.9 Å². The van der Waals surface area contributed by atoms with Gasteiger partial charge in [-0.2, -0.15) is 0 Å². The van der Waals surface area contributed by atoms with Crippen molar-refractivity contribution in [3.8, 4) is 0 Å². The van der Waals surface area contributed by atoms with Gasteiger partial charge in [-0.25, -0.2) is 14.2 Å². The summed E-state index contributed by atoms with van der Waals surface area (Å²) < 4.78 is 17.7. The van der Waals surface area contributed by atoms with Gasteiger partial charge >= 0.3 is 11.8 Å². The molecule has 1 amide bonds. The van der Waals surface area contributed by atoms with Crippen LogP contribution in [0.1, 0.15) is 25.0 Å². The second-order valence-corrected chi connectivity index (χ2v) is 9.77. The zero-order chi connectivity index (χ0) is 27.2. The van der Waals surface area contributed by atoms with E-state index in [0.29, 0.717) is 37.4 Å². The normalized spacial score (nSPS) is 17.3. The lowest BCUT2D eigenvalue weighted by Crippen LogP contribution is -2.46. The quantitative estimate of drug-likeness (QED) is 0.419. The molecule has 0 spiro atoms. The smallest absolute Gasteiger partial charge is 0.422 e. The third-order valence-corrected chi connectivity index (χ3v) is 7.30. The summed E-state index contributed by atoms with van der Waals surface area (Å²) in [4.78, 5) is 31.4. The summed E-state index contributed by atoms with van der Waals surface area (Å²) in [6, 6.07) is 14.4. The van der Waals surface area contributed by atoms with Crippen LogP contribution in [0.3, 0.4) is 0 Å². The number of hydrogen-bond acceptors (Lipinski definition) is 7. The van der Waals surface area contributed by atoms with Gasteiger partial charge in [0.15, 0.2) is 12.3 Å². The number of rotatable bonds is 7. The fourth-order valence-electron chi connectivity index (χ4n) is 5.19. The summed E-state index contributed by atoms with van der Waals surface area (Å²) in [5.74, 6) is -0.538. The number of para-hydroxylation sites is 1. The summed E-state index contributed by atoms with van der Waals surface area (Å²) in [6.07, 6.45) is 5.88. The molecule has 0 unspecified atom stereocenters. The van der Waals surface area contributed by atoms with Gasteiger partial charge in [0.1, 0.15) is 0 Å². The number of fused-ring (bicyclic) bond motifs is 1. The SMILES string of the molecule is C/C=C\C(=C/C)c1cccc(CN2CCN(c3cccc4c3oc(=O)n4COC(=O)N3CCOCC3)CC2)c1. The molecule has 0 bridgehead atoms. The van der Waals surface area contributed by atoms with E-state index in [0.717, 1.165) is 38.4 Å². The number of anilines is 1. The number of oxazole rings is 1. The van der Waals surface area contributed by atoms with Crippen molar-refractivity contribution >= 4 is 28.5 Å². The topological polar surface area (TPSA) is 80.4 Å². The number of amides is 1. The van der Waals surface area contributed by atoms with E-state index >= 15 is 0 Å². The number of nitrogens with zero attached hydrogens (tertiary/aromatic N) is 4. The number of hydrogen-bond donors (Lipinski definition) is 0. The average Bonchev–Trinajstić information content (AvgIpc) is 3.30. The molecule has 0 aliphatic carbocycles. The van der Waals surface area contributed by atoms with E-state index in [-0.39, 0.29) is 6.73 Å². The molecule has 9 nitrogen and oxygen atoms in total. The molecule has 3 heterocycles. The molecular weight excluding hydrogens is 496 g/mol. The average molecular weight is 533 g/mol. The number of allylic oxidation sites excluding steroid dienone is 4. The van der Waals surface area contributed by atoms with Crippen molar-refractivity contribution < 1.29 is 18.7 Å². The second kappa shape index (κ2) is 12.4. The monoisotopic (exact) mass is 532 g/mol. The van der Waals surface area contributed by atoms with Crippen molar-refractivity contribution in [2.24, 2.45) is 0 Å². The standard InChI is InChI=1S/C30H36N4O5/c1-3-7-24(4-2)25-9-5-8-23(20-25)21-31-12-14-32(15-13-31)26-10-6-11-27-28(26)39-30(36)34(27)22-38-29(35)33-16-18-37-19-17-33/h3-11,20H,12-19,21-22H2,1-2H3/b7-3-,24-4+. The Bertz CT molecular complexity index is 1410. The number of benzene rings is 2. The highest BCUT2D eigenvalue weighted by molar-refractivity contribution is 5.87. The van der Waals surface area contributed by atoms with E-state index in [1.165, 1.54) is 21.3 Å². The molecule has 2 saturated heterocycles. The number of carbonyl (C=O) groups is 1. The molecule has 0 radical (unpaired) electrons. The van der Waals surface area contributed by atoms with Crippen LogP contribution in [0.25, 0.3) is 16.7 Å². The molecule has 9 heteroatoms. The predicted molar refractivity (Wildman–Crippen MR) is 152 cm³/mol. The molecule has 2 aliphatic rings. The molecule has 2 fully saturated rings. The predicted octanol–water partition coefficient (Wildman–Crippen LogP) is 4.32. The second-order valence-electron chi connectivity index (χ2n) is 9.77. The Balaban J connectivity index is 1.23. The van der Waals surface area contributed by atoms with Gasteiger partial charge in [-0.3, -0.25) is 4.90 Å². The van der Waals surface area contributed by atoms with E-state index in [1.54, 1.807) is 4.90 Å². The molecule has 2 aromatic carbocycles. The Morgan fingerprint density at radius 2 is 1.77 bits per heavy atom. The molecule has 39 heavy (non-hydrogen) atoms. The first-order valence-electron chi connectivity index (χ1n) is 13.5. The van der Waals surface area contributed by atoms with Crippen molar-refractivity contribution in [1.82, 2.24) is 14.4 Å². The Morgan fingerprint density at radius 1 is 1.00 bits per heavy atom. The maximum atomic E-state index is 12.7. The van der Waals surface area contributed by atoms with Crippen LogP contribution in [0.2, 0.25) is 0 Å². The highest BCUT2D eigenvalue weighted by Crippen LogP contribution is 2.28. The van der Waals surface area contributed by atoms with Crippen LogP contribution in [0.5, 0.6) is 0 Å². The van der Waals surface area contributed by atoms with Gasteiger partial charge in [0, 0.05) is 45.8 Å². The van der Waals surface area contributed by atoms with Gasteiger partial charge in [0.25, 0.3) is 0 Å². The molecule has 206 valence electrons. The maximum Gasteiger partial charge on any atom is 0.422 e. The zero-order valence-electron chi connectivity index (χ0n) is 22.7. The molecule has 0 N–H and O–H groups in total. The largest absolute Gasteiger partial charge is 0.427 e. The van der Waals surface area contributed by atoms with Crippen LogP contribution in [-0.4, -0.2) is 72.9 Å². The van der Waals surface area contributed by atoms with Gasteiger partial charge < -0.3 is 23.7 Å². The lowest BCUT2D eigenvalue weighted by molar-refractivity contribution is 0.0175. The van der Waals surface area contributed by atoms with Crippen molar-refractivity contribution in [3.05, 3.63) is 82.4 Å². The Labute approximate surface area is 228 Å². The lowest BCUT2D eigenvalue weighted by Gasteiger charge is -2.36. The van der Waals surface area contributed by atoms with Crippen LogP contribution in [-0.2, 0) is 22.7 Å². The molecular formula is C30H36N4O5.